The topological polar surface area (TPSA) is 89.8 Å². The monoisotopic (exact) mass is 315 g/mol. The van der Waals surface area contributed by atoms with Crippen molar-refractivity contribution in [3.8, 4) is 0 Å². The van der Waals surface area contributed by atoms with Crippen LogP contribution in [0.3, 0.4) is 0 Å². The van der Waals surface area contributed by atoms with E-state index in [1.54, 1.807) is 18.2 Å². The van der Waals surface area contributed by atoms with E-state index in [0.29, 0.717) is 16.0 Å². The first kappa shape index (κ1) is 14.3. The summed E-state index contributed by atoms with van der Waals surface area (Å²) in [4.78, 5) is 28.5. The van der Waals surface area contributed by atoms with E-state index in [4.69, 9.17) is 0 Å². The standard InChI is InChI=1S/C14H13N5O2S/c1-2-12-17-18-14(22-12)16-11(20)7-19-8-15-10-6-4-3-5-9(10)13(19)21/h3-6,8H,2,7H2,1H3,(H,16,18,20). The molecule has 0 fully saturated rings. The molecule has 3 rings (SSSR count). The molecule has 0 unspecified atom stereocenters. The van der Waals surface area contributed by atoms with E-state index >= 15 is 0 Å². The molecule has 2 aromatic heterocycles. The average Bonchev–Trinajstić information content (AvgIpc) is 2.98. The number of carbonyl (C=O) groups excluding carboxylic acids is 1. The number of rotatable bonds is 4. The highest BCUT2D eigenvalue weighted by Gasteiger charge is 2.10. The van der Waals surface area contributed by atoms with Crippen LogP contribution in [0.4, 0.5) is 5.13 Å². The van der Waals surface area contributed by atoms with Crippen LogP contribution in [0.1, 0.15) is 11.9 Å². The molecule has 0 aliphatic rings. The maximum absolute atomic E-state index is 12.3. The molecule has 7 nitrogen and oxygen atoms in total. The lowest BCUT2D eigenvalue weighted by Gasteiger charge is -2.05. The Labute approximate surface area is 129 Å². The van der Waals surface area contributed by atoms with Gasteiger partial charge >= 0.3 is 0 Å². The van der Waals surface area contributed by atoms with Gasteiger partial charge in [-0.05, 0) is 18.6 Å². The number of carbonyl (C=O) groups is 1. The van der Waals surface area contributed by atoms with Crippen molar-refractivity contribution in [3.05, 3.63) is 46.0 Å². The van der Waals surface area contributed by atoms with Gasteiger partial charge in [-0.25, -0.2) is 4.98 Å². The molecule has 0 aliphatic carbocycles. The van der Waals surface area contributed by atoms with Crippen molar-refractivity contribution in [2.75, 3.05) is 5.32 Å². The van der Waals surface area contributed by atoms with Gasteiger partial charge in [0.1, 0.15) is 11.6 Å². The fraction of sp³-hybridized carbons (Fsp3) is 0.214. The average molecular weight is 315 g/mol. The van der Waals surface area contributed by atoms with Crippen LogP contribution in [-0.4, -0.2) is 25.7 Å². The molecule has 0 saturated heterocycles. The summed E-state index contributed by atoms with van der Waals surface area (Å²) in [5.41, 5.74) is 0.369. The first-order chi connectivity index (χ1) is 10.7. The molecule has 0 aliphatic heterocycles. The van der Waals surface area contributed by atoms with E-state index in [1.807, 2.05) is 13.0 Å². The van der Waals surface area contributed by atoms with Gasteiger partial charge in [0, 0.05) is 0 Å². The number of hydrogen-bond acceptors (Lipinski definition) is 6. The van der Waals surface area contributed by atoms with Crippen molar-refractivity contribution in [1.29, 1.82) is 0 Å². The third-order valence-electron chi connectivity index (χ3n) is 3.06. The Morgan fingerprint density at radius 3 is 2.91 bits per heavy atom. The summed E-state index contributed by atoms with van der Waals surface area (Å²) in [5, 5.41) is 12.2. The summed E-state index contributed by atoms with van der Waals surface area (Å²) in [7, 11) is 0. The van der Waals surface area contributed by atoms with Crippen LogP contribution in [0.5, 0.6) is 0 Å². The number of nitrogens with one attached hydrogen (secondary N) is 1. The molecule has 1 aromatic carbocycles. The number of anilines is 1. The molecule has 22 heavy (non-hydrogen) atoms. The molecule has 0 spiro atoms. The molecule has 112 valence electrons. The van der Waals surface area contributed by atoms with Gasteiger partial charge in [0.2, 0.25) is 11.0 Å². The Balaban J connectivity index is 1.79. The number of para-hydroxylation sites is 1. The molecule has 0 saturated carbocycles. The molecule has 0 bridgehead atoms. The second-order valence-corrected chi connectivity index (χ2v) is 5.66. The van der Waals surface area contributed by atoms with Gasteiger partial charge in [0.25, 0.3) is 5.56 Å². The van der Waals surface area contributed by atoms with Gasteiger partial charge in [-0.3, -0.25) is 19.5 Å². The number of hydrogen-bond donors (Lipinski definition) is 1. The van der Waals surface area contributed by atoms with Crippen molar-refractivity contribution in [1.82, 2.24) is 19.7 Å². The molecule has 0 radical (unpaired) electrons. The zero-order chi connectivity index (χ0) is 15.5. The molecule has 1 N–H and O–H groups in total. The van der Waals surface area contributed by atoms with Crippen molar-refractivity contribution in [2.24, 2.45) is 0 Å². The number of amides is 1. The fourth-order valence-electron chi connectivity index (χ4n) is 1.98. The summed E-state index contributed by atoms with van der Waals surface area (Å²) in [6.45, 7) is 1.85. The highest BCUT2D eigenvalue weighted by molar-refractivity contribution is 7.15. The Morgan fingerprint density at radius 2 is 2.14 bits per heavy atom. The lowest BCUT2D eigenvalue weighted by molar-refractivity contribution is -0.116. The summed E-state index contributed by atoms with van der Waals surface area (Å²) >= 11 is 1.32. The van der Waals surface area contributed by atoms with Gasteiger partial charge in [-0.1, -0.05) is 30.4 Å². The van der Waals surface area contributed by atoms with Crippen LogP contribution in [0.15, 0.2) is 35.4 Å². The Hall–Kier alpha value is -2.61. The molecule has 8 heteroatoms. The highest BCUT2D eigenvalue weighted by Crippen LogP contribution is 2.15. The maximum Gasteiger partial charge on any atom is 0.261 e. The first-order valence-corrected chi connectivity index (χ1v) is 7.55. The Morgan fingerprint density at radius 1 is 1.32 bits per heavy atom. The normalized spacial score (nSPS) is 10.8. The quantitative estimate of drug-likeness (QED) is 0.787. The Bertz CT molecular complexity index is 886. The summed E-state index contributed by atoms with van der Waals surface area (Å²) < 4.78 is 1.28. The number of nitrogens with zero attached hydrogens (tertiary/aromatic N) is 4. The van der Waals surface area contributed by atoms with Gasteiger partial charge in [0.15, 0.2) is 0 Å². The van der Waals surface area contributed by atoms with Gasteiger partial charge < -0.3 is 0 Å². The molecule has 0 atom stereocenters. The lowest BCUT2D eigenvalue weighted by atomic mass is 10.2. The van der Waals surface area contributed by atoms with Crippen LogP contribution in [-0.2, 0) is 17.8 Å². The van der Waals surface area contributed by atoms with Crippen LogP contribution in [0.2, 0.25) is 0 Å². The molecule has 2 heterocycles. The predicted octanol–water partition coefficient (Wildman–Crippen LogP) is 1.45. The third kappa shape index (κ3) is 2.86. The Kier molecular flexibility index (Phi) is 3.92. The largest absolute Gasteiger partial charge is 0.299 e. The molecular weight excluding hydrogens is 302 g/mol. The number of aromatic nitrogens is 4. The van der Waals surface area contributed by atoms with Crippen molar-refractivity contribution in [2.45, 2.75) is 19.9 Å². The molecule has 3 aromatic rings. The minimum atomic E-state index is -0.335. The van der Waals surface area contributed by atoms with E-state index in [2.05, 4.69) is 20.5 Å². The van der Waals surface area contributed by atoms with E-state index in [9.17, 15) is 9.59 Å². The molecule has 1 amide bonds. The van der Waals surface area contributed by atoms with Crippen LogP contribution in [0, 0.1) is 0 Å². The van der Waals surface area contributed by atoms with Crippen molar-refractivity contribution < 1.29 is 4.79 Å². The van der Waals surface area contributed by atoms with Crippen LogP contribution in [0.25, 0.3) is 10.9 Å². The van der Waals surface area contributed by atoms with E-state index < -0.39 is 0 Å². The fourth-order valence-corrected chi connectivity index (χ4v) is 2.67. The van der Waals surface area contributed by atoms with E-state index in [-0.39, 0.29) is 18.0 Å². The second-order valence-electron chi connectivity index (χ2n) is 4.60. The minimum Gasteiger partial charge on any atom is -0.299 e. The smallest absolute Gasteiger partial charge is 0.261 e. The van der Waals surface area contributed by atoms with E-state index in [1.165, 1.54) is 22.2 Å². The van der Waals surface area contributed by atoms with Crippen LogP contribution >= 0.6 is 11.3 Å². The number of aryl methyl sites for hydroxylation is 1. The third-order valence-corrected chi connectivity index (χ3v) is 4.04. The number of benzene rings is 1. The van der Waals surface area contributed by atoms with Crippen molar-refractivity contribution >= 4 is 33.3 Å². The first-order valence-electron chi connectivity index (χ1n) is 6.74. The van der Waals surface area contributed by atoms with Gasteiger partial charge in [-0.15, -0.1) is 10.2 Å². The van der Waals surface area contributed by atoms with Gasteiger partial charge in [0.05, 0.1) is 17.2 Å². The lowest BCUT2D eigenvalue weighted by Crippen LogP contribution is -2.27. The SMILES string of the molecule is CCc1nnc(NC(=O)Cn2cnc3ccccc3c2=O)s1. The predicted molar refractivity (Wildman–Crippen MR) is 83.9 cm³/mol. The number of fused-ring (bicyclic) bond motifs is 1. The minimum absolute atomic E-state index is 0.113. The second kappa shape index (κ2) is 6.02. The zero-order valence-electron chi connectivity index (χ0n) is 11.8. The van der Waals surface area contributed by atoms with E-state index in [0.717, 1.165) is 11.4 Å². The summed E-state index contributed by atoms with van der Waals surface area (Å²) in [6, 6.07) is 7.03. The van der Waals surface area contributed by atoms with Crippen LogP contribution < -0.4 is 10.9 Å². The molecular formula is C14H13N5O2S. The summed E-state index contributed by atoms with van der Waals surface area (Å²) in [6.07, 6.45) is 2.14. The summed E-state index contributed by atoms with van der Waals surface area (Å²) in [5.74, 6) is -0.335. The maximum atomic E-state index is 12.3. The van der Waals surface area contributed by atoms with Gasteiger partial charge in [-0.2, -0.15) is 0 Å². The highest BCUT2D eigenvalue weighted by atomic mass is 32.1. The van der Waals surface area contributed by atoms with Crippen molar-refractivity contribution in [3.63, 3.8) is 0 Å². The zero-order valence-corrected chi connectivity index (χ0v) is 12.6.